The van der Waals surface area contributed by atoms with Crippen molar-refractivity contribution in [3.05, 3.63) is 40.4 Å². The first kappa shape index (κ1) is 12.8. The summed E-state index contributed by atoms with van der Waals surface area (Å²) < 4.78 is 0. The van der Waals surface area contributed by atoms with Crippen LogP contribution in [0.2, 0.25) is 0 Å². The van der Waals surface area contributed by atoms with Gasteiger partial charge in [0.25, 0.3) is 0 Å². The molecule has 0 bridgehead atoms. The molecule has 2 heterocycles. The van der Waals surface area contributed by atoms with Crippen molar-refractivity contribution in [3.8, 4) is 0 Å². The average molecular weight is 299 g/mol. The van der Waals surface area contributed by atoms with Gasteiger partial charge in [-0.2, -0.15) is 0 Å². The number of carbonyl (C=O) groups is 1. The second kappa shape index (κ2) is 5.15. The summed E-state index contributed by atoms with van der Waals surface area (Å²) in [6.45, 7) is 0. The van der Waals surface area contributed by atoms with Crippen molar-refractivity contribution < 1.29 is 4.79 Å². The first-order valence-corrected chi connectivity index (χ1v) is 8.25. The van der Waals surface area contributed by atoms with E-state index in [1.807, 2.05) is 18.2 Å². The van der Waals surface area contributed by atoms with E-state index in [4.69, 9.17) is 0 Å². The van der Waals surface area contributed by atoms with Gasteiger partial charge in [-0.3, -0.25) is 4.79 Å². The van der Waals surface area contributed by atoms with Crippen LogP contribution in [0.3, 0.4) is 0 Å². The van der Waals surface area contributed by atoms with Gasteiger partial charge in [0, 0.05) is 17.0 Å². The molecule has 2 aromatic rings. The van der Waals surface area contributed by atoms with Gasteiger partial charge in [0.05, 0.1) is 5.69 Å². The monoisotopic (exact) mass is 299 g/mol. The van der Waals surface area contributed by atoms with Crippen LogP contribution >= 0.6 is 11.3 Å². The minimum absolute atomic E-state index is 0.0114. The molecular formula is C16H17N3OS. The van der Waals surface area contributed by atoms with E-state index >= 15 is 0 Å². The fourth-order valence-corrected chi connectivity index (χ4v) is 4.11. The van der Waals surface area contributed by atoms with Crippen LogP contribution in [0.4, 0.5) is 10.8 Å². The van der Waals surface area contributed by atoms with E-state index in [2.05, 4.69) is 21.7 Å². The van der Waals surface area contributed by atoms with Crippen LogP contribution < -0.4 is 10.6 Å². The second-order valence-corrected chi connectivity index (χ2v) is 6.73. The summed E-state index contributed by atoms with van der Waals surface area (Å²) in [5, 5.41) is 7.02. The summed E-state index contributed by atoms with van der Waals surface area (Å²) in [5.74, 6) is 0.0114. The molecule has 1 aliphatic carbocycles. The molecule has 0 unspecified atom stereocenters. The molecule has 0 spiro atoms. The van der Waals surface area contributed by atoms with Gasteiger partial charge in [-0.15, -0.1) is 11.3 Å². The lowest BCUT2D eigenvalue weighted by Crippen LogP contribution is -2.32. The Balaban J connectivity index is 1.46. The predicted octanol–water partition coefficient (Wildman–Crippen LogP) is 3.00. The lowest BCUT2D eigenvalue weighted by Gasteiger charge is -2.09. The number of hydrogen-bond donors (Lipinski definition) is 2. The van der Waals surface area contributed by atoms with Gasteiger partial charge in [0.1, 0.15) is 6.04 Å². The highest BCUT2D eigenvalue weighted by molar-refractivity contribution is 7.15. The van der Waals surface area contributed by atoms with Crippen molar-refractivity contribution in [3.63, 3.8) is 0 Å². The fraction of sp³-hybridized carbons (Fsp3) is 0.375. The van der Waals surface area contributed by atoms with Crippen LogP contribution in [0.15, 0.2) is 24.3 Å². The molecular weight excluding hydrogens is 282 g/mol. The maximum absolute atomic E-state index is 12.4. The first-order valence-electron chi connectivity index (χ1n) is 7.43. The van der Waals surface area contributed by atoms with Crippen LogP contribution in [0.5, 0.6) is 0 Å². The maximum atomic E-state index is 12.4. The molecule has 108 valence electrons. The molecule has 1 amide bonds. The number of anilines is 2. The Hall–Kier alpha value is -1.88. The number of carbonyl (C=O) groups excluding carboxylic acids is 1. The number of nitrogens with zero attached hydrogens (tertiary/aromatic N) is 1. The van der Waals surface area contributed by atoms with E-state index < -0.39 is 0 Å². The number of para-hydroxylation sites is 1. The van der Waals surface area contributed by atoms with E-state index in [-0.39, 0.29) is 11.9 Å². The predicted molar refractivity (Wildman–Crippen MR) is 84.9 cm³/mol. The van der Waals surface area contributed by atoms with E-state index in [1.54, 1.807) is 11.3 Å². The highest BCUT2D eigenvalue weighted by Crippen LogP contribution is 2.30. The number of aromatic nitrogens is 1. The van der Waals surface area contributed by atoms with Gasteiger partial charge in [0.2, 0.25) is 5.91 Å². The number of thiazole rings is 1. The molecule has 4 rings (SSSR count). The highest BCUT2D eigenvalue weighted by atomic mass is 32.1. The van der Waals surface area contributed by atoms with Crippen molar-refractivity contribution in [1.29, 1.82) is 0 Å². The SMILES string of the molecule is O=C(Nc1nc2c(s1)CCCC2)[C@@H]1Cc2ccccc2N1. The van der Waals surface area contributed by atoms with Crippen LogP contribution in [-0.4, -0.2) is 16.9 Å². The summed E-state index contributed by atoms with van der Waals surface area (Å²) in [6, 6.07) is 7.89. The standard InChI is InChI=1S/C16H17N3OS/c20-15(13-9-10-5-1-2-6-11(10)17-13)19-16-18-12-7-3-4-8-14(12)21-16/h1-2,5-6,13,17H,3-4,7-9H2,(H,18,19,20)/t13-/m0/s1. The number of benzene rings is 1. The van der Waals surface area contributed by atoms with Gasteiger partial charge < -0.3 is 10.6 Å². The molecule has 4 nitrogen and oxygen atoms in total. The Kier molecular flexibility index (Phi) is 3.15. The first-order chi connectivity index (χ1) is 10.3. The van der Waals surface area contributed by atoms with Gasteiger partial charge >= 0.3 is 0 Å². The number of nitrogens with one attached hydrogen (secondary N) is 2. The van der Waals surface area contributed by atoms with Crippen molar-refractivity contribution in [2.24, 2.45) is 0 Å². The Morgan fingerprint density at radius 3 is 3.00 bits per heavy atom. The topological polar surface area (TPSA) is 54.0 Å². The second-order valence-electron chi connectivity index (χ2n) is 5.64. The molecule has 0 radical (unpaired) electrons. The summed E-state index contributed by atoms with van der Waals surface area (Å²) in [6.07, 6.45) is 5.35. The highest BCUT2D eigenvalue weighted by Gasteiger charge is 2.27. The molecule has 1 atom stereocenters. The van der Waals surface area contributed by atoms with Gasteiger partial charge in [-0.1, -0.05) is 18.2 Å². The number of aryl methyl sites for hydroxylation is 2. The zero-order valence-corrected chi connectivity index (χ0v) is 12.5. The Morgan fingerprint density at radius 1 is 1.29 bits per heavy atom. The van der Waals surface area contributed by atoms with Crippen molar-refractivity contribution in [2.75, 3.05) is 10.6 Å². The summed E-state index contributed by atoms with van der Waals surface area (Å²) >= 11 is 1.64. The molecule has 2 aliphatic rings. The third-order valence-electron chi connectivity index (χ3n) is 4.16. The van der Waals surface area contributed by atoms with E-state index in [0.717, 1.165) is 30.1 Å². The molecule has 5 heteroatoms. The number of fused-ring (bicyclic) bond motifs is 2. The van der Waals surface area contributed by atoms with Crippen molar-refractivity contribution in [2.45, 2.75) is 38.1 Å². The van der Waals surface area contributed by atoms with Crippen LogP contribution in [0, 0.1) is 0 Å². The van der Waals surface area contributed by atoms with Crippen molar-refractivity contribution in [1.82, 2.24) is 4.98 Å². The molecule has 1 aromatic heterocycles. The Bertz CT molecular complexity index is 646. The lowest BCUT2D eigenvalue weighted by atomic mass is 10.0. The zero-order chi connectivity index (χ0) is 14.2. The molecule has 21 heavy (non-hydrogen) atoms. The largest absolute Gasteiger partial charge is 0.373 e. The lowest BCUT2D eigenvalue weighted by molar-refractivity contribution is -0.116. The van der Waals surface area contributed by atoms with Crippen LogP contribution in [-0.2, 0) is 24.1 Å². The molecule has 0 fully saturated rings. The third-order valence-corrected chi connectivity index (χ3v) is 5.24. The molecule has 0 saturated carbocycles. The number of amides is 1. The van der Waals surface area contributed by atoms with Crippen molar-refractivity contribution >= 4 is 28.1 Å². The Morgan fingerprint density at radius 2 is 2.14 bits per heavy atom. The van der Waals surface area contributed by atoms with Gasteiger partial charge in [-0.05, 0) is 37.3 Å². The van der Waals surface area contributed by atoms with Gasteiger partial charge in [0.15, 0.2) is 5.13 Å². The zero-order valence-electron chi connectivity index (χ0n) is 11.7. The fourth-order valence-electron chi connectivity index (χ4n) is 3.05. The van der Waals surface area contributed by atoms with E-state index in [9.17, 15) is 4.79 Å². The Labute approximate surface area is 127 Å². The van der Waals surface area contributed by atoms with E-state index in [1.165, 1.54) is 29.0 Å². The third kappa shape index (κ3) is 2.42. The molecule has 2 N–H and O–H groups in total. The average Bonchev–Trinajstić information content (AvgIpc) is 3.10. The maximum Gasteiger partial charge on any atom is 0.248 e. The number of hydrogen-bond acceptors (Lipinski definition) is 4. The van der Waals surface area contributed by atoms with E-state index in [0.29, 0.717) is 0 Å². The van der Waals surface area contributed by atoms with Gasteiger partial charge in [-0.25, -0.2) is 4.98 Å². The number of rotatable bonds is 2. The van der Waals surface area contributed by atoms with Crippen LogP contribution in [0.1, 0.15) is 29.0 Å². The molecule has 1 aliphatic heterocycles. The summed E-state index contributed by atoms with van der Waals surface area (Å²) in [4.78, 5) is 18.3. The quantitative estimate of drug-likeness (QED) is 0.896. The normalized spacial score (nSPS) is 19.5. The van der Waals surface area contributed by atoms with Crippen LogP contribution in [0.25, 0.3) is 0 Å². The minimum Gasteiger partial charge on any atom is -0.373 e. The summed E-state index contributed by atoms with van der Waals surface area (Å²) in [5.41, 5.74) is 3.45. The molecule has 0 saturated heterocycles. The molecule has 1 aromatic carbocycles. The smallest absolute Gasteiger partial charge is 0.248 e. The summed E-state index contributed by atoms with van der Waals surface area (Å²) in [7, 11) is 0. The minimum atomic E-state index is -0.191.